The van der Waals surface area contributed by atoms with E-state index >= 15 is 0 Å². The van der Waals surface area contributed by atoms with Gasteiger partial charge in [0.05, 0.1) is 25.3 Å². The summed E-state index contributed by atoms with van der Waals surface area (Å²) in [6, 6.07) is 14.6. The van der Waals surface area contributed by atoms with E-state index in [1.807, 2.05) is 12.1 Å². The van der Waals surface area contributed by atoms with Gasteiger partial charge in [0.15, 0.2) is 0 Å². The normalized spacial score (nSPS) is 26.2. The highest BCUT2D eigenvalue weighted by molar-refractivity contribution is 7.90. The largest absolute Gasteiger partial charge is 0.457 e. The second-order valence-electron chi connectivity index (χ2n) is 10.9. The summed E-state index contributed by atoms with van der Waals surface area (Å²) >= 11 is 0. The number of piperidine rings is 1. The third kappa shape index (κ3) is 5.68. The molecule has 0 aromatic heterocycles. The highest BCUT2D eigenvalue weighted by Crippen LogP contribution is 2.33. The van der Waals surface area contributed by atoms with Gasteiger partial charge >= 0.3 is 0 Å². The van der Waals surface area contributed by atoms with Gasteiger partial charge in [-0.1, -0.05) is 42.5 Å². The van der Waals surface area contributed by atoms with Crippen LogP contribution < -0.4 is 4.72 Å². The average molecular weight is 530 g/mol. The number of nitrogens with zero attached hydrogens (tertiary/aromatic N) is 2. The molecule has 200 valence electrons. The Balaban J connectivity index is 1.24. The molecule has 1 N–H and O–H groups in total. The topological polar surface area (TPSA) is 80.2 Å². The van der Waals surface area contributed by atoms with Crippen molar-refractivity contribution < 1.29 is 22.3 Å². The van der Waals surface area contributed by atoms with Gasteiger partial charge in [0.2, 0.25) is 10.0 Å². The molecule has 7 nitrogen and oxygen atoms in total. The number of aliphatic imine (C=N–C) groups is 1. The van der Waals surface area contributed by atoms with E-state index in [2.05, 4.69) is 26.7 Å². The number of sulfonamides is 1. The predicted molar refractivity (Wildman–Crippen MR) is 142 cm³/mol. The van der Waals surface area contributed by atoms with Gasteiger partial charge < -0.3 is 9.47 Å². The second-order valence-corrected chi connectivity index (χ2v) is 12.8. The fraction of sp³-hybridized carbons (Fsp3) is 0.536. The quantitative estimate of drug-likeness (QED) is 0.608. The lowest BCUT2D eigenvalue weighted by Crippen LogP contribution is -2.59. The first-order chi connectivity index (χ1) is 17.6. The number of hydrogen-bond acceptors (Lipinski definition) is 6. The third-order valence-corrected chi connectivity index (χ3v) is 9.89. The number of benzene rings is 2. The van der Waals surface area contributed by atoms with Crippen LogP contribution in [0.3, 0.4) is 0 Å². The van der Waals surface area contributed by atoms with Crippen LogP contribution in [0.25, 0.3) is 0 Å². The van der Waals surface area contributed by atoms with Gasteiger partial charge in [-0.3, -0.25) is 4.90 Å². The summed E-state index contributed by atoms with van der Waals surface area (Å²) in [5.41, 5.74) is 1.61. The van der Waals surface area contributed by atoms with E-state index in [4.69, 9.17) is 9.47 Å². The van der Waals surface area contributed by atoms with E-state index < -0.39 is 32.7 Å². The third-order valence-electron chi connectivity index (χ3n) is 7.94. The zero-order valence-corrected chi connectivity index (χ0v) is 22.5. The highest BCUT2D eigenvalue weighted by atomic mass is 32.2. The smallest absolute Gasteiger partial charge is 0.299 e. The molecule has 2 aromatic rings. The fourth-order valence-electron chi connectivity index (χ4n) is 5.54. The van der Waals surface area contributed by atoms with Gasteiger partial charge in [0.25, 0.3) is 6.02 Å². The van der Waals surface area contributed by atoms with Crippen molar-refractivity contribution in [2.75, 3.05) is 26.3 Å². The van der Waals surface area contributed by atoms with Crippen molar-refractivity contribution in [1.29, 1.82) is 0 Å². The van der Waals surface area contributed by atoms with E-state index in [9.17, 15) is 12.8 Å². The molecule has 37 heavy (non-hydrogen) atoms. The van der Waals surface area contributed by atoms with E-state index in [1.165, 1.54) is 11.6 Å². The zero-order chi connectivity index (χ0) is 26.2. The molecule has 0 saturated carbocycles. The fourth-order valence-corrected chi connectivity index (χ4v) is 7.23. The molecule has 3 fully saturated rings. The van der Waals surface area contributed by atoms with E-state index in [0.29, 0.717) is 23.9 Å². The molecule has 0 aliphatic carbocycles. The van der Waals surface area contributed by atoms with Gasteiger partial charge in [-0.25, -0.2) is 22.5 Å². The number of amidine groups is 1. The van der Waals surface area contributed by atoms with E-state index in [-0.39, 0.29) is 6.02 Å². The molecule has 3 heterocycles. The molecule has 3 aliphatic rings. The Morgan fingerprint density at radius 1 is 1.11 bits per heavy atom. The first kappa shape index (κ1) is 26.1. The lowest BCUT2D eigenvalue weighted by atomic mass is 9.87. The van der Waals surface area contributed by atoms with Crippen LogP contribution in [0.4, 0.5) is 4.39 Å². The predicted octanol–water partition coefficient (Wildman–Crippen LogP) is 4.16. The lowest BCUT2D eigenvalue weighted by Gasteiger charge is -2.41. The zero-order valence-electron chi connectivity index (χ0n) is 21.7. The van der Waals surface area contributed by atoms with Gasteiger partial charge in [-0.05, 0) is 76.2 Å². The molecule has 0 amide bonds. The van der Waals surface area contributed by atoms with Crippen molar-refractivity contribution in [2.24, 2.45) is 4.99 Å². The monoisotopic (exact) mass is 529 g/mol. The Bertz CT molecular complexity index is 1240. The lowest BCUT2D eigenvalue weighted by molar-refractivity contribution is -0.0712. The van der Waals surface area contributed by atoms with E-state index in [0.717, 1.165) is 44.7 Å². The van der Waals surface area contributed by atoms with Crippen LogP contribution >= 0.6 is 0 Å². The van der Waals surface area contributed by atoms with Crippen LogP contribution in [0.15, 0.2) is 53.5 Å². The first-order valence-corrected chi connectivity index (χ1v) is 14.6. The molecular formula is C28H36FN3O4S. The summed E-state index contributed by atoms with van der Waals surface area (Å²) in [7, 11) is -3.77. The maximum Gasteiger partial charge on any atom is 0.299 e. The van der Waals surface area contributed by atoms with Crippen molar-refractivity contribution in [3.05, 3.63) is 71.0 Å². The van der Waals surface area contributed by atoms with Crippen LogP contribution in [0, 0.1) is 5.82 Å². The molecule has 9 heteroatoms. The van der Waals surface area contributed by atoms with Crippen LogP contribution in [0.2, 0.25) is 0 Å². The summed E-state index contributed by atoms with van der Waals surface area (Å²) < 4.78 is 54.5. The summed E-state index contributed by atoms with van der Waals surface area (Å²) in [4.78, 5) is 6.88. The number of ether oxygens (including phenoxy) is 2. The summed E-state index contributed by atoms with van der Waals surface area (Å²) in [6.45, 7) is 9.12. The molecule has 2 atom stereocenters. The number of halogens is 1. The standard InChI is InChI=1S/C28H36FN3O4S/c1-19(24-6-4-5-7-25(24)29)30-27-31-37(33,34)26(28(2,3)36-27)16-20-8-10-21(11-9-20)22-12-14-32(15-13-22)23-17-35-18-23/h4-11,19,22-23,26H,12-18H2,1-3H3,(H,30,31)/t19-,26-/m0/s1. The van der Waals surface area contributed by atoms with Gasteiger partial charge in [-0.15, -0.1) is 0 Å². The summed E-state index contributed by atoms with van der Waals surface area (Å²) in [5.74, 6) is 0.137. The van der Waals surface area contributed by atoms with Crippen molar-refractivity contribution in [1.82, 2.24) is 9.62 Å². The molecule has 0 radical (unpaired) electrons. The number of hydrogen-bond donors (Lipinski definition) is 1. The van der Waals surface area contributed by atoms with Crippen LogP contribution in [-0.2, 0) is 25.9 Å². The summed E-state index contributed by atoms with van der Waals surface area (Å²) in [6.07, 6.45) is 2.58. The number of nitrogens with one attached hydrogen (secondary N) is 1. The Labute approximate surface area is 219 Å². The maximum atomic E-state index is 14.2. The molecule has 5 rings (SSSR count). The molecule has 3 saturated heterocycles. The number of likely N-dealkylation sites (tertiary alicyclic amines) is 1. The molecule has 0 unspecified atom stereocenters. The van der Waals surface area contributed by atoms with Crippen molar-refractivity contribution in [2.45, 2.75) is 68.9 Å². The van der Waals surface area contributed by atoms with Crippen LogP contribution in [0.1, 0.15) is 62.3 Å². The van der Waals surface area contributed by atoms with Crippen molar-refractivity contribution in [3.63, 3.8) is 0 Å². The molecule has 0 bridgehead atoms. The minimum Gasteiger partial charge on any atom is -0.457 e. The minimum absolute atomic E-state index is 0.104. The SMILES string of the molecule is C[C@H](N=C1NS(=O)(=O)[C@@H](Cc2ccc(C3CCN(C4COC4)CC3)cc2)C(C)(C)O1)c1ccccc1F. The Morgan fingerprint density at radius 3 is 2.38 bits per heavy atom. The second kappa shape index (κ2) is 10.3. The molecule has 3 aliphatic heterocycles. The minimum atomic E-state index is -3.77. The van der Waals surface area contributed by atoms with Gasteiger partial charge in [0, 0.05) is 5.56 Å². The Hall–Kier alpha value is -2.49. The highest BCUT2D eigenvalue weighted by Gasteiger charge is 2.47. The summed E-state index contributed by atoms with van der Waals surface area (Å²) in [5, 5.41) is -0.804. The van der Waals surface area contributed by atoms with Gasteiger partial charge in [0.1, 0.15) is 16.7 Å². The van der Waals surface area contributed by atoms with Crippen LogP contribution in [-0.4, -0.2) is 62.5 Å². The van der Waals surface area contributed by atoms with E-state index in [1.54, 1.807) is 39.0 Å². The molecule has 2 aromatic carbocycles. The van der Waals surface area contributed by atoms with Gasteiger partial charge in [-0.2, -0.15) is 0 Å². The Morgan fingerprint density at radius 2 is 1.78 bits per heavy atom. The van der Waals surface area contributed by atoms with Crippen molar-refractivity contribution in [3.8, 4) is 0 Å². The number of rotatable bonds is 6. The first-order valence-electron chi connectivity index (χ1n) is 13.1. The maximum absolute atomic E-state index is 14.2. The Kier molecular flexibility index (Phi) is 7.31. The molecule has 0 spiro atoms. The molecular weight excluding hydrogens is 493 g/mol. The van der Waals surface area contributed by atoms with Crippen molar-refractivity contribution >= 4 is 16.0 Å². The average Bonchev–Trinajstić information content (AvgIpc) is 2.81. The van der Waals surface area contributed by atoms with Crippen LogP contribution in [0.5, 0.6) is 0 Å².